The van der Waals surface area contributed by atoms with Crippen molar-refractivity contribution in [3.63, 3.8) is 0 Å². The van der Waals surface area contributed by atoms with Gasteiger partial charge in [0.15, 0.2) is 0 Å². The van der Waals surface area contributed by atoms with Crippen molar-refractivity contribution < 1.29 is 39.1 Å². The van der Waals surface area contributed by atoms with Crippen LogP contribution < -0.4 is 31.3 Å². The first kappa shape index (κ1) is 41.4. The number of carbonyl (C=O) groups is 4. The third-order valence-corrected chi connectivity index (χ3v) is 7.51. The summed E-state index contributed by atoms with van der Waals surface area (Å²) in [5.74, 6) is 0.443. The topological polar surface area (TPSA) is 200 Å². The molecule has 2 aromatic rings. The van der Waals surface area contributed by atoms with Gasteiger partial charge in [-0.3, -0.25) is 29.6 Å². The molecule has 2 aromatic carbocycles. The number of hydrogen-bond donors (Lipinski definition) is 6. The molecule has 0 fully saturated rings. The van der Waals surface area contributed by atoms with Gasteiger partial charge >= 0.3 is 0 Å². The highest BCUT2D eigenvalue weighted by atomic mass is 16.5. The third kappa shape index (κ3) is 21.2. The maximum Gasteiger partial charge on any atom is 0.243 e. The Labute approximate surface area is 294 Å². The molecular formula is C36H52N6O8. The Morgan fingerprint density at radius 1 is 0.480 bits per heavy atom. The molecular weight excluding hydrogens is 644 g/mol. The second kappa shape index (κ2) is 27.1. The van der Waals surface area contributed by atoms with Crippen molar-refractivity contribution in [3.8, 4) is 11.5 Å². The van der Waals surface area contributed by atoms with Crippen LogP contribution in [0, 0.1) is 0 Å². The second-order valence-corrected chi connectivity index (χ2v) is 11.7. The van der Waals surface area contributed by atoms with Gasteiger partial charge in [0.05, 0.1) is 25.6 Å². The van der Waals surface area contributed by atoms with E-state index >= 15 is 0 Å². The Bertz CT molecular complexity index is 1220. The van der Waals surface area contributed by atoms with Crippen LogP contribution in [0.15, 0.2) is 58.7 Å². The molecule has 14 heteroatoms. The zero-order chi connectivity index (χ0) is 36.1. The molecule has 0 aliphatic carbocycles. The summed E-state index contributed by atoms with van der Waals surface area (Å²) in [5, 5.41) is 24.9. The van der Waals surface area contributed by atoms with E-state index in [4.69, 9.17) is 19.9 Å². The molecule has 0 bridgehead atoms. The molecule has 0 spiro atoms. The maximum atomic E-state index is 11.9. The highest BCUT2D eigenvalue weighted by molar-refractivity contribution is 5.83. The zero-order valence-electron chi connectivity index (χ0n) is 28.7. The summed E-state index contributed by atoms with van der Waals surface area (Å²) in [7, 11) is 0. The second-order valence-electron chi connectivity index (χ2n) is 11.7. The molecule has 0 heterocycles. The van der Waals surface area contributed by atoms with Crippen molar-refractivity contribution in [2.45, 2.75) is 103 Å². The van der Waals surface area contributed by atoms with Gasteiger partial charge in [-0.05, 0) is 111 Å². The van der Waals surface area contributed by atoms with E-state index in [1.54, 1.807) is 23.4 Å². The maximum absolute atomic E-state index is 11.9. The summed E-state index contributed by atoms with van der Waals surface area (Å²) >= 11 is 0. The minimum atomic E-state index is -0.395. The van der Waals surface area contributed by atoms with Gasteiger partial charge < -0.3 is 9.47 Å². The summed E-state index contributed by atoms with van der Waals surface area (Å²) in [6, 6.07) is 15.0. The Morgan fingerprint density at radius 2 is 0.800 bits per heavy atom. The van der Waals surface area contributed by atoms with Crippen LogP contribution in [0.5, 0.6) is 11.5 Å². The average Bonchev–Trinajstić information content (AvgIpc) is 3.13. The molecule has 4 amide bonds. The Kier molecular flexibility index (Phi) is 22.4. The zero-order valence-corrected chi connectivity index (χ0v) is 28.7. The van der Waals surface area contributed by atoms with E-state index in [0.29, 0.717) is 51.7 Å². The Morgan fingerprint density at radius 3 is 1.14 bits per heavy atom. The van der Waals surface area contributed by atoms with E-state index in [2.05, 4.69) is 21.1 Å². The molecule has 6 N–H and O–H groups in total. The van der Waals surface area contributed by atoms with Gasteiger partial charge in [-0.25, -0.2) is 21.8 Å². The lowest BCUT2D eigenvalue weighted by Crippen LogP contribution is -2.18. The molecule has 0 saturated heterocycles. The summed E-state index contributed by atoms with van der Waals surface area (Å²) in [6.45, 7) is 1.24. The highest BCUT2D eigenvalue weighted by Gasteiger charge is 2.03. The molecule has 14 nitrogen and oxygen atoms in total. The van der Waals surface area contributed by atoms with Gasteiger partial charge in [-0.15, -0.1) is 0 Å². The molecule has 0 unspecified atom stereocenters. The largest absolute Gasteiger partial charge is 0.494 e. The molecule has 0 aliphatic heterocycles. The number of hydrogen-bond acceptors (Lipinski definition) is 10. The predicted molar refractivity (Wildman–Crippen MR) is 189 cm³/mol. The number of unbranched alkanes of at least 4 members (excludes halogenated alkanes) is 9. The molecule has 274 valence electrons. The first-order chi connectivity index (χ1) is 24.4. The smallest absolute Gasteiger partial charge is 0.243 e. The molecule has 0 aromatic heterocycles. The van der Waals surface area contributed by atoms with Crippen LogP contribution in [0.1, 0.15) is 114 Å². The van der Waals surface area contributed by atoms with E-state index in [1.165, 1.54) is 0 Å². The fraction of sp³-hybridized carbons (Fsp3) is 0.500. The lowest BCUT2D eigenvalue weighted by atomic mass is 10.1. The molecule has 2 rings (SSSR count). The number of nitrogens with zero attached hydrogens (tertiary/aromatic N) is 2. The molecule has 0 saturated carbocycles. The van der Waals surface area contributed by atoms with E-state index < -0.39 is 11.8 Å². The van der Waals surface area contributed by atoms with Crippen LogP contribution in [0.2, 0.25) is 0 Å². The van der Waals surface area contributed by atoms with Crippen LogP contribution in [0.25, 0.3) is 0 Å². The van der Waals surface area contributed by atoms with Crippen molar-refractivity contribution in [1.82, 2.24) is 21.8 Å². The summed E-state index contributed by atoms with van der Waals surface area (Å²) < 4.78 is 11.7. The number of rotatable bonds is 27. The van der Waals surface area contributed by atoms with E-state index in [-0.39, 0.29) is 24.7 Å². The monoisotopic (exact) mass is 696 g/mol. The number of ether oxygens (including phenoxy) is 2. The first-order valence-electron chi connectivity index (χ1n) is 17.3. The Hall–Kier alpha value is -4.82. The van der Waals surface area contributed by atoms with E-state index in [9.17, 15) is 19.2 Å². The number of carbonyl (C=O) groups excluding carboxylic acids is 4. The van der Waals surface area contributed by atoms with Crippen molar-refractivity contribution in [1.29, 1.82) is 0 Å². The van der Waals surface area contributed by atoms with Gasteiger partial charge in [-0.2, -0.15) is 10.2 Å². The van der Waals surface area contributed by atoms with Crippen molar-refractivity contribution in [2.24, 2.45) is 10.2 Å². The molecule has 0 aliphatic rings. The number of benzene rings is 2. The van der Waals surface area contributed by atoms with Crippen molar-refractivity contribution >= 4 is 36.1 Å². The van der Waals surface area contributed by atoms with Gasteiger partial charge in [-0.1, -0.05) is 25.7 Å². The quantitative estimate of drug-likeness (QED) is 0.0313. The molecule has 0 atom stereocenters. The number of nitrogens with one attached hydrogen (secondary N) is 4. The van der Waals surface area contributed by atoms with Crippen LogP contribution in [-0.4, -0.2) is 59.7 Å². The van der Waals surface area contributed by atoms with Crippen molar-refractivity contribution in [3.05, 3.63) is 59.7 Å². The van der Waals surface area contributed by atoms with Crippen LogP contribution in [-0.2, 0) is 19.2 Å². The lowest BCUT2D eigenvalue weighted by Gasteiger charge is -2.08. The summed E-state index contributed by atoms with van der Waals surface area (Å²) in [5.41, 5.74) is 9.95. The minimum Gasteiger partial charge on any atom is -0.494 e. The predicted octanol–water partition coefficient (Wildman–Crippen LogP) is 5.30. The normalized spacial score (nSPS) is 11.0. The standard InChI is InChI=1S/C36H52N6O8/c43-33(13-7-1-3-9-15-35(45)41-47)39-37-27-29-17-21-31(22-18-29)49-25-11-5-6-12-26-50-32-23-19-30(20-24-32)28-38-40-34(44)14-8-2-4-10-16-36(46)42-48/h17-24,27-28,47-48H,1-16,25-26H2,(H,39,43)(H,40,44)(H,41,45)(H,42,46)/b37-27+,38-28+. The average molecular weight is 697 g/mol. The molecule has 0 radical (unpaired) electrons. The van der Waals surface area contributed by atoms with Gasteiger partial charge in [0.2, 0.25) is 23.6 Å². The SMILES string of the molecule is O=C(CCCCCCC(=O)N/N=C/c1ccc(OCCCCCCOc2ccc(/C=N/NC(=O)CCCCCCC(=O)NO)cc2)cc1)NO. The lowest BCUT2D eigenvalue weighted by molar-refractivity contribution is -0.130. The summed E-state index contributed by atoms with van der Waals surface area (Å²) in [4.78, 5) is 45.7. The number of hydroxylamine groups is 2. The number of hydrazone groups is 2. The van der Waals surface area contributed by atoms with Gasteiger partial charge in [0.25, 0.3) is 0 Å². The third-order valence-electron chi connectivity index (χ3n) is 7.51. The fourth-order valence-corrected chi connectivity index (χ4v) is 4.67. The van der Waals surface area contributed by atoms with Crippen molar-refractivity contribution in [2.75, 3.05) is 13.2 Å². The van der Waals surface area contributed by atoms with Crippen LogP contribution in [0.3, 0.4) is 0 Å². The van der Waals surface area contributed by atoms with Crippen LogP contribution >= 0.6 is 0 Å². The van der Waals surface area contributed by atoms with Crippen LogP contribution in [0.4, 0.5) is 0 Å². The van der Waals surface area contributed by atoms with E-state index in [0.717, 1.165) is 74.0 Å². The minimum absolute atomic E-state index is 0.159. The summed E-state index contributed by atoms with van der Waals surface area (Å²) in [6.07, 6.45) is 14.4. The Balaban J connectivity index is 1.46. The molecule has 50 heavy (non-hydrogen) atoms. The highest BCUT2D eigenvalue weighted by Crippen LogP contribution is 2.14. The fourth-order valence-electron chi connectivity index (χ4n) is 4.67. The van der Waals surface area contributed by atoms with E-state index in [1.807, 2.05) is 48.5 Å². The van der Waals surface area contributed by atoms with Gasteiger partial charge in [0.1, 0.15) is 11.5 Å². The first-order valence-corrected chi connectivity index (χ1v) is 17.3. The van der Waals surface area contributed by atoms with Gasteiger partial charge in [0, 0.05) is 25.7 Å². The number of amides is 4.